The van der Waals surface area contributed by atoms with Gasteiger partial charge in [0.25, 0.3) is 0 Å². The lowest BCUT2D eigenvalue weighted by Crippen LogP contribution is -2.39. The van der Waals surface area contributed by atoms with E-state index in [1.54, 1.807) is 7.11 Å². The van der Waals surface area contributed by atoms with Gasteiger partial charge in [0, 0.05) is 51.7 Å². The minimum absolute atomic E-state index is 0.394. The molecule has 1 saturated heterocycles. The van der Waals surface area contributed by atoms with Crippen LogP contribution in [0.4, 0.5) is 5.95 Å². The molecule has 1 aromatic rings. The van der Waals surface area contributed by atoms with Gasteiger partial charge in [-0.05, 0) is 6.92 Å². The molecule has 1 unspecified atom stereocenters. The maximum absolute atomic E-state index is 5.37. The maximum atomic E-state index is 5.37. The van der Waals surface area contributed by atoms with Crippen LogP contribution in [0.5, 0.6) is 0 Å². The van der Waals surface area contributed by atoms with Crippen molar-refractivity contribution in [1.82, 2.24) is 14.5 Å². The van der Waals surface area contributed by atoms with Gasteiger partial charge in [0.15, 0.2) is 0 Å². The van der Waals surface area contributed by atoms with E-state index in [2.05, 4.69) is 26.7 Å². The van der Waals surface area contributed by atoms with E-state index >= 15 is 0 Å². The topological polar surface area (TPSA) is 51.5 Å². The predicted molar refractivity (Wildman–Crippen MR) is 74.6 cm³/mol. The van der Waals surface area contributed by atoms with Gasteiger partial charge >= 0.3 is 0 Å². The maximum Gasteiger partial charge on any atom is 0.203 e. The Bertz CT molecular complexity index is 363. The zero-order valence-corrected chi connectivity index (χ0v) is 11.8. The Kier molecular flexibility index (Phi) is 5.62. The minimum Gasteiger partial charge on any atom is -0.383 e. The zero-order chi connectivity index (χ0) is 13.5. The lowest BCUT2D eigenvalue weighted by atomic mass is 10.3. The van der Waals surface area contributed by atoms with Crippen molar-refractivity contribution in [1.29, 1.82) is 0 Å². The monoisotopic (exact) mass is 268 g/mol. The molecule has 1 aromatic heterocycles. The second-order valence-corrected chi connectivity index (χ2v) is 4.84. The van der Waals surface area contributed by atoms with Crippen LogP contribution in [-0.4, -0.2) is 67.6 Å². The molecule has 0 bridgehead atoms. The summed E-state index contributed by atoms with van der Waals surface area (Å²) in [6.45, 7) is 8.43. The van der Waals surface area contributed by atoms with Gasteiger partial charge in [-0.3, -0.25) is 4.90 Å². The van der Waals surface area contributed by atoms with Crippen molar-refractivity contribution in [2.75, 3.05) is 58.4 Å². The van der Waals surface area contributed by atoms with Gasteiger partial charge in [-0.2, -0.15) is 0 Å². The average Bonchev–Trinajstić information content (AvgIpc) is 2.89. The summed E-state index contributed by atoms with van der Waals surface area (Å²) < 4.78 is 12.6. The van der Waals surface area contributed by atoms with E-state index in [9.17, 15) is 0 Å². The van der Waals surface area contributed by atoms with Crippen LogP contribution in [0.25, 0.3) is 0 Å². The van der Waals surface area contributed by atoms with E-state index in [1.165, 1.54) is 0 Å². The minimum atomic E-state index is 0.394. The third-order valence-electron chi connectivity index (χ3n) is 3.36. The fourth-order valence-electron chi connectivity index (χ4n) is 2.32. The molecule has 1 atom stereocenters. The molecule has 1 aliphatic rings. The fraction of sp³-hybridized carbons (Fsp3) is 0.769. The molecule has 1 N–H and O–H groups in total. The van der Waals surface area contributed by atoms with E-state index in [0.29, 0.717) is 12.6 Å². The highest BCUT2D eigenvalue weighted by Gasteiger charge is 2.16. The Morgan fingerprint density at radius 3 is 3.00 bits per heavy atom. The van der Waals surface area contributed by atoms with Crippen molar-refractivity contribution in [2.24, 2.45) is 0 Å². The van der Waals surface area contributed by atoms with E-state index in [4.69, 9.17) is 9.47 Å². The first kappa shape index (κ1) is 14.3. The highest BCUT2D eigenvalue weighted by Crippen LogP contribution is 2.15. The molecule has 6 heteroatoms. The summed E-state index contributed by atoms with van der Waals surface area (Å²) in [5, 5.41) is 3.30. The van der Waals surface area contributed by atoms with Gasteiger partial charge in [0.05, 0.1) is 19.8 Å². The standard InChI is InChI=1S/C13H24N4O2/c1-12(11-16-6-9-19-10-7-16)17-5-3-14-13(17)15-4-8-18-2/h3,5,12H,4,6-11H2,1-2H3,(H,14,15). The summed E-state index contributed by atoms with van der Waals surface area (Å²) >= 11 is 0. The SMILES string of the molecule is COCCNc1nccn1C(C)CN1CCOCC1. The molecular formula is C13H24N4O2. The van der Waals surface area contributed by atoms with Crippen molar-refractivity contribution >= 4 is 5.95 Å². The molecule has 0 aliphatic carbocycles. The molecule has 2 heterocycles. The van der Waals surface area contributed by atoms with Crippen LogP contribution in [0.3, 0.4) is 0 Å². The largest absolute Gasteiger partial charge is 0.383 e. The van der Waals surface area contributed by atoms with Crippen LogP contribution in [0.1, 0.15) is 13.0 Å². The first-order valence-electron chi connectivity index (χ1n) is 6.87. The zero-order valence-electron chi connectivity index (χ0n) is 11.8. The first-order valence-corrected chi connectivity index (χ1v) is 6.87. The van der Waals surface area contributed by atoms with E-state index in [-0.39, 0.29) is 0 Å². The molecule has 2 rings (SSSR count). The second kappa shape index (κ2) is 7.47. The van der Waals surface area contributed by atoms with Crippen molar-refractivity contribution in [3.05, 3.63) is 12.4 Å². The first-order chi connectivity index (χ1) is 9.31. The van der Waals surface area contributed by atoms with Crippen molar-refractivity contribution in [2.45, 2.75) is 13.0 Å². The van der Waals surface area contributed by atoms with Gasteiger partial charge in [-0.1, -0.05) is 0 Å². The number of hydrogen-bond donors (Lipinski definition) is 1. The molecule has 1 aliphatic heterocycles. The van der Waals surface area contributed by atoms with Crippen molar-refractivity contribution in [3.63, 3.8) is 0 Å². The summed E-state index contributed by atoms with van der Waals surface area (Å²) in [4.78, 5) is 6.79. The summed E-state index contributed by atoms with van der Waals surface area (Å²) in [5.74, 6) is 0.915. The number of methoxy groups -OCH3 is 1. The van der Waals surface area contributed by atoms with Gasteiger partial charge in [0.2, 0.25) is 5.95 Å². The van der Waals surface area contributed by atoms with Gasteiger partial charge in [0.1, 0.15) is 0 Å². The van der Waals surface area contributed by atoms with Gasteiger partial charge < -0.3 is 19.4 Å². The Balaban J connectivity index is 1.87. The van der Waals surface area contributed by atoms with Crippen molar-refractivity contribution < 1.29 is 9.47 Å². The number of ether oxygens (including phenoxy) is 2. The van der Waals surface area contributed by atoms with Crippen LogP contribution in [0.2, 0.25) is 0 Å². The fourth-order valence-corrected chi connectivity index (χ4v) is 2.32. The number of imidazole rings is 1. The molecular weight excluding hydrogens is 244 g/mol. The highest BCUT2D eigenvalue weighted by atomic mass is 16.5. The Morgan fingerprint density at radius 1 is 1.47 bits per heavy atom. The van der Waals surface area contributed by atoms with Gasteiger partial charge in [-0.15, -0.1) is 0 Å². The Hall–Kier alpha value is -1.11. The highest BCUT2D eigenvalue weighted by molar-refractivity contribution is 5.26. The number of rotatable bonds is 7. The molecule has 0 spiro atoms. The lowest BCUT2D eigenvalue weighted by molar-refractivity contribution is 0.0326. The molecule has 1 fully saturated rings. The molecule has 0 saturated carbocycles. The van der Waals surface area contributed by atoms with Gasteiger partial charge in [-0.25, -0.2) is 4.98 Å². The van der Waals surface area contributed by atoms with E-state index in [1.807, 2.05) is 12.4 Å². The quantitative estimate of drug-likeness (QED) is 0.743. The summed E-state index contributed by atoms with van der Waals surface area (Å²) in [7, 11) is 1.70. The Labute approximate surface area is 114 Å². The average molecular weight is 268 g/mol. The second-order valence-electron chi connectivity index (χ2n) is 4.84. The molecule has 6 nitrogen and oxygen atoms in total. The molecule has 19 heavy (non-hydrogen) atoms. The third kappa shape index (κ3) is 4.19. The summed E-state index contributed by atoms with van der Waals surface area (Å²) in [6.07, 6.45) is 3.87. The van der Waals surface area contributed by atoms with Crippen LogP contribution >= 0.6 is 0 Å². The van der Waals surface area contributed by atoms with E-state index < -0.39 is 0 Å². The lowest BCUT2D eigenvalue weighted by Gasteiger charge is -2.30. The van der Waals surface area contributed by atoms with E-state index in [0.717, 1.165) is 45.3 Å². The predicted octanol–water partition coefficient (Wildman–Crippen LogP) is 0.835. The van der Waals surface area contributed by atoms with Crippen LogP contribution in [-0.2, 0) is 9.47 Å². The number of aromatic nitrogens is 2. The van der Waals surface area contributed by atoms with Crippen molar-refractivity contribution in [3.8, 4) is 0 Å². The number of nitrogens with zero attached hydrogens (tertiary/aromatic N) is 3. The summed E-state index contributed by atoms with van der Waals surface area (Å²) in [6, 6.07) is 0.394. The van der Waals surface area contributed by atoms with Crippen LogP contribution < -0.4 is 5.32 Å². The molecule has 0 amide bonds. The normalized spacial score (nSPS) is 18.4. The molecule has 108 valence electrons. The Morgan fingerprint density at radius 2 is 2.26 bits per heavy atom. The molecule has 0 radical (unpaired) electrons. The molecule has 0 aromatic carbocycles. The van der Waals surface area contributed by atoms with Crippen LogP contribution in [0.15, 0.2) is 12.4 Å². The number of nitrogens with one attached hydrogen (secondary N) is 1. The van der Waals surface area contributed by atoms with Crippen LogP contribution in [0, 0.1) is 0 Å². The third-order valence-corrected chi connectivity index (χ3v) is 3.36. The number of hydrogen-bond acceptors (Lipinski definition) is 5. The smallest absolute Gasteiger partial charge is 0.203 e. The summed E-state index contributed by atoms with van der Waals surface area (Å²) in [5.41, 5.74) is 0. The number of morpholine rings is 1. The number of anilines is 1.